The molecule has 1 aliphatic rings. The Hall–Kier alpha value is -2.10. The van der Waals surface area contributed by atoms with Crippen LogP contribution in [-0.2, 0) is 20.1 Å². The van der Waals surface area contributed by atoms with Crippen LogP contribution in [-0.4, -0.2) is 33.4 Å². The van der Waals surface area contributed by atoms with Gasteiger partial charge in [0.05, 0.1) is 13.1 Å². The van der Waals surface area contributed by atoms with Gasteiger partial charge in [-0.15, -0.1) is 34.2 Å². The topological polar surface area (TPSA) is 76.4 Å². The zero-order valence-electron chi connectivity index (χ0n) is 17.2. The van der Waals surface area contributed by atoms with Crippen LogP contribution in [0.25, 0.3) is 0 Å². The Morgan fingerprint density at radius 3 is 2.76 bits per heavy atom. The van der Waals surface area contributed by atoms with Gasteiger partial charge in [-0.25, -0.2) is 4.99 Å². The Morgan fingerprint density at radius 1 is 1.31 bits per heavy atom. The summed E-state index contributed by atoms with van der Waals surface area (Å²) in [6, 6.07) is 8.46. The minimum absolute atomic E-state index is 0. The molecule has 1 fully saturated rings. The molecule has 1 aliphatic carbocycles. The van der Waals surface area contributed by atoms with Crippen LogP contribution >= 0.6 is 24.0 Å². The SMILES string of the molecule is C=CCOc1ccccc1CN=C(NCc1nnc(C)n1C)NC1CCCC1.I. The number of halogens is 1. The number of ether oxygens (including phenoxy) is 1. The second-order valence-electron chi connectivity index (χ2n) is 7.07. The Balaban J connectivity index is 0.00000300. The van der Waals surface area contributed by atoms with Gasteiger partial charge in [-0.1, -0.05) is 43.7 Å². The molecule has 0 amide bonds. The van der Waals surface area contributed by atoms with Crippen molar-refractivity contribution in [1.29, 1.82) is 0 Å². The number of nitrogens with zero attached hydrogens (tertiary/aromatic N) is 4. The van der Waals surface area contributed by atoms with Crippen molar-refractivity contribution >= 4 is 29.9 Å². The van der Waals surface area contributed by atoms with E-state index >= 15 is 0 Å². The van der Waals surface area contributed by atoms with Gasteiger partial charge < -0.3 is 19.9 Å². The molecule has 29 heavy (non-hydrogen) atoms. The van der Waals surface area contributed by atoms with E-state index in [0.717, 1.165) is 28.9 Å². The molecule has 8 heteroatoms. The van der Waals surface area contributed by atoms with E-state index < -0.39 is 0 Å². The van der Waals surface area contributed by atoms with E-state index in [0.29, 0.717) is 25.7 Å². The number of nitrogens with one attached hydrogen (secondary N) is 2. The van der Waals surface area contributed by atoms with Crippen LogP contribution in [0.15, 0.2) is 41.9 Å². The van der Waals surface area contributed by atoms with Gasteiger partial charge in [0.15, 0.2) is 11.8 Å². The maximum Gasteiger partial charge on any atom is 0.192 e. The van der Waals surface area contributed by atoms with Gasteiger partial charge in [-0.05, 0) is 25.8 Å². The first-order valence-corrected chi connectivity index (χ1v) is 9.88. The van der Waals surface area contributed by atoms with Gasteiger partial charge >= 0.3 is 0 Å². The summed E-state index contributed by atoms with van der Waals surface area (Å²) < 4.78 is 7.73. The third-order valence-electron chi connectivity index (χ3n) is 5.03. The number of hydrogen-bond donors (Lipinski definition) is 2. The lowest BCUT2D eigenvalue weighted by Crippen LogP contribution is -2.42. The average Bonchev–Trinajstić information content (AvgIpc) is 3.33. The number of rotatable bonds is 8. The fourth-order valence-corrected chi connectivity index (χ4v) is 3.27. The molecule has 7 nitrogen and oxygen atoms in total. The van der Waals surface area contributed by atoms with Crippen LogP contribution in [0.1, 0.15) is 42.9 Å². The smallest absolute Gasteiger partial charge is 0.192 e. The van der Waals surface area contributed by atoms with Crippen molar-refractivity contribution in [3.8, 4) is 5.75 Å². The van der Waals surface area contributed by atoms with Gasteiger partial charge in [0.1, 0.15) is 18.2 Å². The van der Waals surface area contributed by atoms with Gasteiger partial charge in [-0.2, -0.15) is 0 Å². The summed E-state index contributed by atoms with van der Waals surface area (Å²) in [7, 11) is 1.97. The molecule has 0 atom stereocenters. The maximum absolute atomic E-state index is 5.75. The monoisotopic (exact) mass is 510 g/mol. The Kier molecular flexibility index (Phi) is 9.43. The van der Waals surface area contributed by atoms with Crippen LogP contribution < -0.4 is 15.4 Å². The normalized spacial score (nSPS) is 14.3. The standard InChI is InChI=1S/C21H30N6O.HI/c1-4-13-28-19-12-8-5-9-17(19)14-22-21(24-18-10-6-7-11-18)23-15-20-26-25-16(2)27(20)3;/h4-5,8-9,12,18H,1,6-7,10-11,13-15H2,2-3H3,(H2,22,23,24);1H. The molecule has 1 aromatic carbocycles. The van der Waals surface area contributed by atoms with Crippen molar-refractivity contribution < 1.29 is 4.74 Å². The first kappa shape index (κ1) is 23.2. The van der Waals surface area contributed by atoms with Crippen molar-refractivity contribution in [2.75, 3.05) is 6.61 Å². The number of para-hydroxylation sites is 1. The molecule has 2 N–H and O–H groups in total. The Bertz CT molecular complexity index is 813. The van der Waals surface area contributed by atoms with E-state index in [9.17, 15) is 0 Å². The molecule has 0 spiro atoms. The second kappa shape index (κ2) is 11.8. The number of benzene rings is 1. The molecule has 0 saturated heterocycles. The highest BCUT2D eigenvalue weighted by Gasteiger charge is 2.17. The van der Waals surface area contributed by atoms with Crippen LogP contribution in [0.2, 0.25) is 0 Å². The van der Waals surface area contributed by atoms with Gasteiger partial charge in [0.25, 0.3) is 0 Å². The highest BCUT2D eigenvalue weighted by Crippen LogP contribution is 2.20. The maximum atomic E-state index is 5.75. The van der Waals surface area contributed by atoms with Gasteiger partial charge in [-0.3, -0.25) is 0 Å². The average molecular weight is 510 g/mol. The van der Waals surface area contributed by atoms with E-state index in [1.807, 2.05) is 42.8 Å². The minimum atomic E-state index is 0. The van der Waals surface area contributed by atoms with Crippen LogP contribution in [0.3, 0.4) is 0 Å². The van der Waals surface area contributed by atoms with E-state index in [4.69, 9.17) is 9.73 Å². The van der Waals surface area contributed by atoms with E-state index in [1.54, 1.807) is 6.08 Å². The van der Waals surface area contributed by atoms with Crippen LogP contribution in [0.4, 0.5) is 0 Å². The van der Waals surface area contributed by atoms with Crippen molar-refractivity contribution in [3.05, 3.63) is 54.1 Å². The van der Waals surface area contributed by atoms with E-state index in [-0.39, 0.29) is 24.0 Å². The molecule has 2 aromatic rings. The zero-order chi connectivity index (χ0) is 19.8. The molecule has 0 unspecified atom stereocenters. The van der Waals surface area contributed by atoms with Crippen molar-refractivity contribution in [2.45, 2.75) is 51.7 Å². The lowest BCUT2D eigenvalue weighted by Gasteiger charge is -2.17. The largest absolute Gasteiger partial charge is 0.489 e. The second-order valence-corrected chi connectivity index (χ2v) is 7.07. The first-order chi connectivity index (χ1) is 13.7. The van der Waals surface area contributed by atoms with Crippen LogP contribution in [0.5, 0.6) is 5.75 Å². The summed E-state index contributed by atoms with van der Waals surface area (Å²) in [6.07, 6.45) is 6.65. The first-order valence-electron chi connectivity index (χ1n) is 9.88. The lowest BCUT2D eigenvalue weighted by molar-refractivity contribution is 0.359. The fourth-order valence-electron chi connectivity index (χ4n) is 3.27. The van der Waals surface area contributed by atoms with Crippen LogP contribution in [0, 0.1) is 6.92 Å². The Labute approximate surface area is 190 Å². The van der Waals surface area contributed by atoms with Gasteiger partial charge in [0.2, 0.25) is 0 Å². The number of aliphatic imine (C=N–C) groups is 1. The number of guanidine groups is 1. The summed E-state index contributed by atoms with van der Waals surface area (Å²) >= 11 is 0. The molecule has 158 valence electrons. The Morgan fingerprint density at radius 2 is 2.07 bits per heavy atom. The minimum Gasteiger partial charge on any atom is -0.489 e. The summed E-state index contributed by atoms with van der Waals surface area (Å²) in [4.78, 5) is 4.81. The molecule has 0 bridgehead atoms. The summed E-state index contributed by atoms with van der Waals surface area (Å²) in [6.45, 7) is 7.25. The molecule has 0 aliphatic heterocycles. The lowest BCUT2D eigenvalue weighted by atomic mass is 10.2. The third-order valence-corrected chi connectivity index (χ3v) is 5.03. The molecular weight excluding hydrogens is 479 g/mol. The third kappa shape index (κ3) is 6.73. The summed E-state index contributed by atoms with van der Waals surface area (Å²) in [5.74, 6) is 3.42. The van der Waals surface area contributed by atoms with E-state index in [1.165, 1.54) is 25.7 Å². The van der Waals surface area contributed by atoms with Crippen molar-refractivity contribution in [2.24, 2.45) is 12.0 Å². The highest BCUT2D eigenvalue weighted by molar-refractivity contribution is 14.0. The quantitative estimate of drug-likeness (QED) is 0.246. The molecule has 1 heterocycles. The van der Waals surface area contributed by atoms with Crippen molar-refractivity contribution in [3.63, 3.8) is 0 Å². The number of aromatic nitrogens is 3. The highest BCUT2D eigenvalue weighted by atomic mass is 127. The number of aryl methyl sites for hydroxylation is 1. The molecule has 3 rings (SSSR count). The molecule has 1 aromatic heterocycles. The predicted molar refractivity (Wildman–Crippen MR) is 127 cm³/mol. The van der Waals surface area contributed by atoms with Crippen molar-refractivity contribution in [1.82, 2.24) is 25.4 Å². The fraction of sp³-hybridized carbons (Fsp3) is 0.476. The summed E-state index contributed by atoms with van der Waals surface area (Å²) in [5.41, 5.74) is 1.05. The molecular formula is C21H31IN6O. The molecule has 1 saturated carbocycles. The number of hydrogen-bond acceptors (Lipinski definition) is 4. The predicted octanol–water partition coefficient (Wildman–Crippen LogP) is 3.48. The van der Waals surface area contributed by atoms with Gasteiger partial charge in [0, 0.05) is 18.7 Å². The molecule has 0 radical (unpaired) electrons. The summed E-state index contributed by atoms with van der Waals surface area (Å²) in [5, 5.41) is 15.3. The van der Waals surface area contributed by atoms with E-state index in [2.05, 4.69) is 27.4 Å². The zero-order valence-corrected chi connectivity index (χ0v) is 19.6.